The number of anilines is 1. The van der Waals surface area contributed by atoms with E-state index in [1.54, 1.807) is 11.3 Å². The smallest absolute Gasteiger partial charge is 0.226 e. The van der Waals surface area contributed by atoms with E-state index in [-0.39, 0.29) is 0 Å². The summed E-state index contributed by atoms with van der Waals surface area (Å²) in [6.45, 7) is 5.32. The SMILES string of the molecule is CN(Cc1csc(Br)c1)Cn1nc(N2CCOCC2)n(Cc2ccccc2)c1=S. The minimum absolute atomic E-state index is 0.644. The van der Waals surface area contributed by atoms with E-state index >= 15 is 0 Å². The first-order chi connectivity index (χ1) is 14.1. The maximum atomic E-state index is 5.84. The number of aromatic nitrogens is 3. The molecular weight excluding hydrogens is 470 g/mol. The van der Waals surface area contributed by atoms with Crippen LogP contribution in [0.2, 0.25) is 0 Å². The Balaban J connectivity index is 1.59. The zero-order valence-electron chi connectivity index (χ0n) is 16.3. The molecule has 0 atom stereocenters. The molecule has 0 unspecified atom stereocenters. The molecule has 2 aromatic heterocycles. The highest BCUT2D eigenvalue weighted by Gasteiger charge is 2.20. The summed E-state index contributed by atoms with van der Waals surface area (Å²) in [5.41, 5.74) is 2.50. The van der Waals surface area contributed by atoms with Crippen LogP contribution in [0.1, 0.15) is 11.1 Å². The number of halogens is 1. The van der Waals surface area contributed by atoms with E-state index in [1.165, 1.54) is 11.1 Å². The molecule has 0 spiro atoms. The Bertz CT molecular complexity index is 994. The van der Waals surface area contributed by atoms with Crippen LogP contribution in [-0.4, -0.2) is 52.6 Å². The van der Waals surface area contributed by atoms with Crippen molar-refractivity contribution in [2.75, 3.05) is 38.3 Å². The van der Waals surface area contributed by atoms with Crippen LogP contribution in [0.5, 0.6) is 0 Å². The van der Waals surface area contributed by atoms with Crippen molar-refractivity contribution in [3.63, 3.8) is 0 Å². The fourth-order valence-corrected chi connectivity index (χ4v) is 4.89. The zero-order valence-corrected chi connectivity index (χ0v) is 19.5. The van der Waals surface area contributed by atoms with Crippen molar-refractivity contribution >= 4 is 45.4 Å². The minimum atomic E-state index is 0.644. The molecule has 1 aromatic carbocycles. The van der Waals surface area contributed by atoms with E-state index < -0.39 is 0 Å². The first-order valence-corrected chi connectivity index (χ1v) is 11.6. The van der Waals surface area contributed by atoms with Gasteiger partial charge in [-0.25, -0.2) is 4.68 Å². The lowest BCUT2D eigenvalue weighted by Gasteiger charge is -2.27. The van der Waals surface area contributed by atoms with Crippen molar-refractivity contribution in [2.45, 2.75) is 19.8 Å². The molecule has 0 N–H and O–H groups in total. The van der Waals surface area contributed by atoms with Crippen LogP contribution in [0.3, 0.4) is 0 Å². The summed E-state index contributed by atoms with van der Waals surface area (Å²) in [5.74, 6) is 0.925. The third kappa shape index (κ3) is 5.16. The quantitative estimate of drug-likeness (QED) is 0.460. The van der Waals surface area contributed by atoms with Crippen molar-refractivity contribution < 1.29 is 4.74 Å². The Labute approximate surface area is 188 Å². The van der Waals surface area contributed by atoms with Crippen molar-refractivity contribution in [3.05, 3.63) is 61.5 Å². The molecule has 3 heterocycles. The maximum absolute atomic E-state index is 5.84. The molecule has 0 bridgehead atoms. The van der Waals surface area contributed by atoms with Gasteiger partial charge in [0.1, 0.15) is 0 Å². The Morgan fingerprint density at radius 1 is 1.21 bits per heavy atom. The summed E-state index contributed by atoms with van der Waals surface area (Å²) in [6, 6.07) is 12.6. The van der Waals surface area contributed by atoms with Gasteiger partial charge in [0.25, 0.3) is 0 Å². The predicted octanol–water partition coefficient (Wildman–Crippen LogP) is 4.21. The van der Waals surface area contributed by atoms with Gasteiger partial charge in [-0.3, -0.25) is 9.47 Å². The first kappa shape index (κ1) is 20.7. The monoisotopic (exact) mass is 493 g/mol. The molecule has 1 aliphatic rings. The van der Waals surface area contributed by atoms with Crippen LogP contribution in [-0.2, 0) is 24.5 Å². The van der Waals surface area contributed by atoms with E-state index in [2.05, 4.69) is 73.1 Å². The number of hydrogen-bond donors (Lipinski definition) is 0. The van der Waals surface area contributed by atoms with E-state index in [1.807, 2.05) is 10.7 Å². The van der Waals surface area contributed by atoms with E-state index in [9.17, 15) is 0 Å². The molecule has 29 heavy (non-hydrogen) atoms. The van der Waals surface area contributed by atoms with Gasteiger partial charge in [-0.15, -0.1) is 16.4 Å². The average molecular weight is 494 g/mol. The molecule has 0 aliphatic carbocycles. The third-order valence-electron chi connectivity index (χ3n) is 4.83. The molecule has 154 valence electrons. The largest absolute Gasteiger partial charge is 0.378 e. The lowest BCUT2D eigenvalue weighted by Crippen LogP contribution is -2.38. The summed E-state index contributed by atoms with van der Waals surface area (Å²) in [5, 5.41) is 7.09. The van der Waals surface area contributed by atoms with Gasteiger partial charge in [-0.2, -0.15) is 0 Å². The highest BCUT2D eigenvalue weighted by molar-refractivity contribution is 9.11. The first-order valence-electron chi connectivity index (χ1n) is 9.56. The van der Waals surface area contributed by atoms with Crippen LogP contribution in [0, 0.1) is 4.77 Å². The molecule has 1 fully saturated rings. The number of thiophene rings is 1. The Morgan fingerprint density at radius 2 is 1.97 bits per heavy atom. The molecule has 4 rings (SSSR count). The van der Waals surface area contributed by atoms with Gasteiger partial charge in [0, 0.05) is 19.6 Å². The number of hydrogen-bond acceptors (Lipinski definition) is 6. The number of ether oxygens (including phenoxy) is 1. The summed E-state index contributed by atoms with van der Waals surface area (Å²) in [4.78, 5) is 4.50. The summed E-state index contributed by atoms with van der Waals surface area (Å²) in [7, 11) is 2.10. The van der Waals surface area contributed by atoms with Gasteiger partial charge in [-0.05, 0) is 57.8 Å². The number of rotatable bonds is 7. The van der Waals surface area contributed by atoms with Gasteiger partial charge < -0.3 is 9.64 Å². The van der Waals surface area contributed by atoms with E-state index in [0.29, 0.717) is 13.2 Å². The van der Waals surface area contributed by atoms with Crippen molar-refractivity contribution in [1.29, 1.82) is 0 Å². The fraction of sp³-hybridized carbons (Fsp3) is 0.400. The molecular formula is C20H24BrN5OS2. The highest BCUT2D eigenvalue weighted by atomic mass is 79.9. The van der Waals surface area contributed by atoms with Crippen molar-refractivity contribution in [2.24, 2.45) is 0 Å². The topological polar surface area (TPSA) is 38.5 Å². The average Bonchev–Trinajstić information content (AvgIpc) is 3.27. The second-order valence-corrected chi connectivity index (χ2v) is 9.82. The molecule has 3 aromatic rings. The fourth-order valence-electron chi connectivity index (χ4n) is 3.44. The number of benzene rings is 1. The Kier molecular flexibility index (Phi) is 6.81. The molecule has 9 heteroatoms. The molecule has 6 nitrogen and oxygen atoms in total. The molecule has 1 saturated heterocycles. The van der Waals surface area contributed by atoms with Gasteiger partial charge >= 0.3 is 0 Å². The number of morpholine rings is 1. The van der Waals surface area contributed by atoms with Crippen LogP contribution in [0.25, 0.3) is 0 Å². The second kappa shape index (κ2) is 9.53. The summed E-state index contributed by atoms with van der Waals surface area (Å²) in [6.07, 6.45) is 0. The summed E-state index contributed by atoms with van der Waals surface area (Å²) >= 11 is 11.1. The molecule has 1 aliphatic heterocycles. The van der Waals surface area contributed by atoms with Gasteiger partial charge in [-0.1, -0.05) is 30.3 Å². The lowest BCUT2D eigenvalue weighted by atomic mass is 10.2. The predicted molar refractivity (Wildman–Crippen MR) is 123 cm³/mol. The molecule has 0 amide bonds. The normalized spacial score (nSPS) is 14.7. The van der Waals surface area contributed by atoms with Crippen LogP contribution in [0.15, 0.2) is 45.6 Å². The van der Waals surface area contributed by atoms with Crippen molar-refractivity contribution in [3.8, 4) is 0 Å². The third-order valence-corrected chi connectivity index (χ3v) is 6.81. The number of nitrogens with zero attached hydrogens (tertiary/aromatic N) is 5. The summed E-state index contributed by atoms with van der Waals surface area (Å²) < 4.78 is 11.5. The zero-order chi connectivity index (χ0) is 20.2. The van der Waals surface area contributed by atoms with Crippen LogP contribution < -0.4 is 4.90 Å². The van der Waals surface area contributed by atoms with Crippen molar-refractivity contribution in [1.82, 2.24) is 19.2 Å². The minimum Gasteiger partial charge on any atom is -0.378 e. The molecule has 0 saturated carbocycles. The maximum Gasteiger partial charge on any atom is 0.226 e. The van der Waals surface area contributed by atoms with E-state index in [4.69, 9.17) is 22.1 Å². The molecule has 0 radical (unpaired) electrons. The Morgan fingerprint density at radius 3 is 2.66 bits per heavy atom. The lowest BCUT2D eigenvalue weighted by molar-refractivity contribution is 0.121. The second-order valence-electron chi connectivity index (χ2n) is 7.17. The standard InChI is InChI=1S/C20H24BrN5OS2/c1-23(12-17-11-18(21)29-14-17)15-26-20(28)25(13-16-5-3-2-4-6-16)19(22-26)24-7-9-27-10-8-24/h2-6,11,14H,7-10,12-13,15H2,1H3. The van der Waals surface area contributed by atoms with Crippen LogP contribution in [0.4, 0.5) is 5.95 Å². The Hall–Kier alpha value is -1.52. The van der Waals surface area contributed by atoms with Gasteiger partial charge in [0.15, 0.2) is 0 Å². The highest BCUT2D eigenvalue weighted by Crippen LogP contribution is 2.22. The van der Waals surface area contributed by atoms with Crippen LogP contribution >= 0.6 is 39.5 Å². The van der Waals surface area contributed by atoms with Gasteiger partial charge in [0.2, 0.25) is 10.7 Å². The van der Waals surface area contributed by atoms with Gasteiger partial charge in [0.05, 0.1) is 30.2 Å². The van der Waals surface area contributed by atoms with E-state index in [0.717, 1.165) is 47.4 Å².